The zero-order chi connectivity index (χ0) is 15.7. The number of aromatic carboxylic acids is 1. The van der Waals surface area contributed by atoms with Gasteiger partial charge in [-0.1, -0.05) is 30.1 Å². The second-order valence-corrected chi connectivity index (χ2v) is 5.37. The van der Waals surface area contributed by atoms with E-state index in [4.69, 9.17) is 27.9 Å². The van der Waals surface area contributed by atoms with Gasteiger partial charge in [-0.15, -0.1) is 0 Å². The summed E-state index contributed by atoms with van der Waals surface area (Å²) in [6, 6.07) is 1.47. The maximum atomic E-state index is 11.4. The Balaban J connectivity index is 2.42. The number of carbonyl (C=O) groups is 2. The van der Waals surface area contributed by atoms with E-state index in [0.717, 1.165) is 0 Å². The molecule has 0 spiro atoms. The van der Waals surface area contributed by atoms with Gasteiger partial charge in [0.15, 0.2) is 0 Å². The highest BCUT2D eigenvalue weighted by atomic mass is 35.5. The van der Waals surface area contributed by atoms with Crippen molar-refractivity contribution in [1.29, 1.82) is 0 Å². The summed E-state index contributed by atoms with van der Waals surface area (Å²) >= 11 is 11.8. The minimum atomic E-state index is -1.36. The fourth-order valence-corrected chi connectivity index (χ4v) is 2.56. The van der Waals surface area contributed by atoms with E-state index in [9.17, 15) is 19.7 Å². The van der Waals surface area contributed by atoms with Gasteiger partial charge in [0.2, 0.25) is 5.91 Å². The third-order valence-corrected chi connectivity index (χ3v) is 3.94. The molecule has 1 aliphatic heterocycles. The molecule has 21 heavy (non-hydrogen) atoms. The summed E-state index contributed by atoms with van der Waals surface area (Å²) in [5.41, 5.74) is 0.173. The summed E-state index contributed by atoms with van der Waals surface area (Å²) in [4.78, 5) is 22.7. The quantitative estimate of drug-likeness (QED) is 0.730. The van der Waals surface area contributed by atoms with Gasteiger partial charge in [-0.2, -0.15) is 0 Å². The van der Waals surface area contributed by atoms with Gasteiger partial charge in [-0.3, -0.25) is 4.79 Å². The lowest BCUT2D eigenvalue weighted by Gasteiger charge is -2.29. The minimum absolute atomic E-state index is 0.0219. The highest BCUT2D eigenvalue weighted by Gasteiger charge is 2.38. The molecular weight excluding hydrogens is 320 g/mol. The van der Waals surface area contributed by atoms with Gasteiger partial charge < -0.3 is 20.1 Å². The van der Waals surface area contributed by atoms with Crippen LogP contribution in [0.25, 0.3) is 0 Å². The number of carbonyl (C=O) groups excluding carboxylic acids is 1. The van der Waals surface area contributed by atoms with Crippen LogP contribution in [-0.2, 0) is 11.2 Å². The Morgan fingerprint density at radius 2 is 2.19 bits per heavy atom. The van der Waals surface area contributed by atoms with E-state index < -0.39 is 19.0 Å². The Morgan fingerprint density at radius 1 is 1.52 bits per heavy atom. The molecule has 0 fully saturated rings. The SMILES string of the molecule is CCC(=O)N[C@H]1Cc2cc(Cl)c(Cl)c(C(=O)O)c2OB1O. The van der Waals surface area contributed by atoms with Crippen LogP contribution in [0.4, 0.5) is 0 Å². The average molecular weight is 332 g/mol. The fourth-order valence-electron chi connectivity index (χ4n) is 2.11. The first-order valence-corrected chi connectivity index (χ1v) is 6.99. The van der Waals surface area contributed by atoms with E-state index >= 15 is 0 Å². The highest BCUT2D eigenvalue weighted by molar-refractivity contribution is 6.48. The van der Waals surface area contributed by atoms with Gasteiger partial charge in [0.05, 0.1) is 16.0 Å². The standard InChI is InChI=1S/C12H12BCl2NO5/c1-2-8(17)16-7-4-5-3-6(14)10(15)9(12(18)19)11(5)21-13(7)20/h3,7,20H,2,4H2,1H3,(H,16,17)(H,18,19)/t7-/m0/s1. The number of hydrogen-bond acceptors (Lipinski definition) is 4. The number of amides is 1. The first kappa shape index (κ1) is 15.9. The Labute approximate surface area is 131 Å². The van der Waals surface area contributed by atoms with Crippen LogP contribution in [0.15, 0.2) is 6.07 Å². The Kier molecular flexibility index (Phi) is 4.66. The van der Waals surface area contributed by atoms with Gasteiger partial charge in [0, 0.05) is 6.42 Å². The summed E-state index contributed by atoms with van der Waals surface area (Å²) in [6.07, 6.45) is 0.456. The van der Waals surface area contributed by atoms with Crippen LogP contribution in [-0.4, -0.2) is 35.1 Å². The Bertz CT molecular complexity index is 610. The summed E-state index contributed by atoms with van der Waals surface area (Å²) in [5, 5.41) is 21.7. The van der Waals surface area contributed by atoms with E-state index in [1.807, 2.05) is 0 Å². The van der Waals surface area contributed by atoms with Gasteiger partial charge in [-0.25, -0.2) is 4.79 Å². The van der Waals surface area contributed by atoms with Gasteiger partial charge in [0.25, 0.3) is 0 Å². The van der Waals surface area contributed by atoms with Crippen molar-refractivity contribution in [3.05, 3.63) is 27.2 Å². The largest absolute Gasteiger partial charge is 0.547 e. The van der Waals surface area contributed by atoms with E-state index in [1.54, 1.807) is 6.92 Å². The molecule has 6 nitrogen and oxygen atoms in total. The molecule has 0 saturated carbocycles. The number of hydrogen-bond donors (Lipinski definition) is 3. The van der Waals surface area contributed by atoms with Crippen molar-refractivity contribution in [1.82, 2.24) is 5.32 Å². The second-order valence-electron chi connectivity index (χ2n) is 4.58. The third kappa shape index (κ3) is 3.10. The molecule has 9 heteroatoms. The molecule has 0 radical (unpaired) electrons. The molecular formula is C12H12BCl2NO5. The maximum absolute atomic E-state index is 11.4. The number of carboxylic acid groups (broad SMARTS) is 1. The lowest BCUT2D eigenvalue weighted by molar-refractivity contribution is -0.121. The van der Waals surface area contributed by atoms with Crippen molar-refractivity contribution in [3.63, 3.8) is 0 Å². The van der Waals surface area contributed by atoms with Gasteiger partial charge >= 0.3 is 13.1 Å². The zero-order valence-electron chi connectivity index (χ0n) is 11.0. The monoisotopic (exact) mass is 331 g/mol. The van der Waals surface area contributed by atoms with Crippen LogP contribution in [0.1, 0.15) is 29.3 Å². The predicted octanol–water partition coefficient (Wildman–Crippen LogP) is 1.54. The van der Waals surface area contributed by atoms with Crippen molar-refractivity contribution < 1.29 is 24.4 Å². The van der Waals surface area contributed by atoms with Crippen LogP contribution >= 0.6 is 23.2 Å². The Hall–Kier alpha value is -1.44. The fraction of sp³-hybridized carbons (Fsp3) is 0.333. The molecule has 0 aromatic heterocycles. The van der Waals surface area contributed by atoms with Crippen molar-refractivity contribution in [3.8, 4) is 5.75 Å². The second kappa shape index (κ2) is 6.13. The smallest absolute Gasteiger partial charge is 0.534 e. The number of nitrogens with one attached hydrogen (secondary N) is 1. The van der Waals surface area contributed by atoms with Crippen LogP contribution in [0, 0.1) is 0 Å². The summed E-state index contributed by atoms with van der Waals surface area (Å²) in [7, 11) is -1.36. The molecule has 1 atom stereocenters. The van der Waals surface area contributed by atoms with Crippen molar-refractivity contribution >= 4 is 42.2 Å². The lowest BCUT2D eigenvalue weighted by atomic mass is 9.72. The van der Waals surface area contributed by atoms with E-state index in [2.05, 4.69) is 5.32 Å². The molecule has 1 heterocycles. The summed E-state index contributed by atoms with van der Waals surface area (Å²) in [5.74, 6) is -2.25. The first-order valence-electron chi connectivity index (χ1n) is 6.23. The first-order chi connectivity index (χ1) is 9.85. The predicted molar refractivity (Wildman–Crippen MR) is 77.9 cm³/mol. The molecule has 1 aromatic rings. The van der Waals surface area contributed by atoms with E-state index in [1.165, 1.54) is 6.07 Å². The number of rotatable bonds is 3. The summed E-state index contributed by atoms with van der Waals surface area (Å²) in [6.45, 7) is 1.68. The normalized spacial score (nSPS) is 17.0. The molecule has 0 aliphatic carbocycles. The molecule has 0 bridgehead atoms. The topological polar surface area (TPSA) is 95.9 Å². The van der Waals surface area contributed by atoms with Crippen molar-refractivity contribution in [2.24, 2.45) is 0 Å². The average Bonchev–Trinajstić information content (AvgIpc) is 2.41. The maximum Gasteiger partial charge on any atom is 0.547 e. The van der Waals surface area contributed by atoms with Crippen LogP contribution in [0.2, 0.25) is 10.0 Å². The zero-order valence-corrected chi connectivity index (χ0v) is 12.5. The van der Waals surface area contributed by atoms with E-state index in [-0.39, 0.29) is 40.1 Å². The number of fused-ring (bicyclic) bond motifs is 1. The highest BCUT2D eigenvalue weighted by Crippen LogP contribution is 2.39. The van der Waals surface area contributed by atoms with Crippen LogP contribution in [0.5, 0.6) is 5.75 Å². The van der Waals surface area contributed by atoms with Crippen molar-refractivity contribution in [2.75, 3.05) is 0 Å². The van der Waals surface area contributed by atoms with E-state index in [0.29, 0.717) is 5.56 Å². The molecule has 1 aliphatic rings. The minimum Gasteiger partial charge on any atom is -0.534 e. The van der Waals surface area contributed by atoms with Gasteiger partial charge in [-0.05, 0) is 18.1 Å². The number of halogens is 2. The number of benzene rings is 1. The van der Waals surface area contributed by atoms with Gasteiger partial charge in [0.1, 0.15) is 11.3 Å². The molecule has 1 aromatic carbocycles. The van der Waals surface area contributed by atoms with Crippen LogP contribution in [0.3, 0.4) is 0 Å². The van der Waals surface area contributed by atoms with Crippen molar-refractivity contribution in [2.45, 2.75) is 25.7 Å². The molecule has 112 valence electrons. The molecule has 0 unspecified atom stereocenters. The van der Waals surface area contributed by atoms with Crippen LogP contribution < -0.4 is 9.97 Å². The lowest BCUT2D eigenvalue weighted by Crippen LogP contribution is -2.53. The third-order valence-electron chi connectivity index (χ3n) is 3.15. The number of carboxylic acids is 1. The molecule has 0 saturated heterocycles. The molecule has 1 amide bonds. The molecule has 3 N–H and O–H groups in total. The Morgan fingerprint density at radius 3 is 2.76 bits per heavy atom. The summed E-state index contributed by atoms with van der Waals surface area (Å²) < 4.78 is 5.23. The molecule has 2 rings (SSSR count).